The van der Waals surface area contributed by atoms with Gasteiger partial charge >= 0.3 is 0 Å². The van der Waals surface area contributed by atoms with Crippen molar-refractivity contribution in [3.05, 3.63) is 48.3 Å². The number of halogens is 1. The first-order chi connectivity index (χ1) is 8.56. The Bertz CT molecular complexity index is 488. The summed E-state index contributed by atoms with van der Waals surface area (Å²) in [5.41, 5.74) is 8.07. The van der Waals surface area contributed by atoms with Gasteiger partial charge in [0.05, 0.1) is 5.69 Å². The topological polar surface area (TPSA) is 55.9 Å². The fourth-order valence-corrected chi connectivity index (χ4v) is 1.81. The van der Waals surface area contributed by atoms with E-state index in [2.05, 4.69) is 22.5 Å². The Labute approximate surface area is 120 Å². The van der Waals surface area contributed by atoms with Gasteiger partial charge in [0, 0.05) is 31.0 Å². The number of benzene rings is 1. The summed E-state index contributed by atoms with van der Waals surface area (Å²) in [6.45, 7) is 5.59. The molecule has 1 aromatic heterocycles. The monoisotopic (exact) mass is 280 g/mol. The van der Waals surface area contributed by atoms with E-state index in [4.69, 9.17) is 5.73 Å². The summed E-state index contributed by atoms with van der Waals surface area (Å²) >= 11 is 0. The molecule has 0 radical (unpaired) electrons. The molecule has 104 valence electrons. The van der Waals surface area contributed by atoms with E-state index in [0.717, 1.165) is 18.8 Å². The second-order valence-corrected chi connectivity index (χ2v) is 5.17. The van der Waals surface area contributed by atoms with Crippen molar-refractivity contribution >= 4 is 12.4 Å². The zero-order valence-corrected chi connectivity index (χ0v) is 12.2. The maximum absolute atomic E-state index is 5.95. The lowest BCUT2D eigenvalue weighted by molar-refractivity contribution is 0.466. The van der Waals surface area contributed by atoms with Gasteiger partial charge in [-0.25, -0.2) is 4.68 Å². The third kappa shape index (κ3) is 4.67. The van der Waals surface area contributed by atoms with E-state index in [1.54, 1.807) is 6.20 Å². The highest BCUT2D eigenvalue weighted by atomic mass is 35.5. The van der Waals surface area contributed by atoms with Crippen molar-refractivity contribution in [1.82, 2.24) is 15.1 Å². The molecule has 5 heteroatoms. The number of hydrogen-bond donors (Lipinski definition) is 2. The molecule has 2 aromatic rings. The van der Waals surface area contributed by atoms with Crippen molar-refractivity contribution < 1.29 is 0 Å². The van der Waals surface area contributed by atoms with Crippen LogP contribution in [-0.2, 0) is 6.54 Å². The number of rotatable bonds is 5. The minimum atomic E-state index is -0.194. The van der Waals surface area contributed by atoms with Gasteiger partial charge in [-0.05, 0) is 31.5 Å². The van der Waals surface area contributed by atoms with Crippen LogP contribution in [0.2, 0.25) is 0 Å². The largest absolute Gasteiger partial charge is 0.324 e. The second-order valence-electron chi connectivity index (χ2n) is 5.17. The van der Waals surface area contributed by atoms with Crippen LogP contribution in [0.25, 0.3) is 5.69 Å². The van der Waals surface area contributed by atoms with Crippen molar-refractivity contribution in [1.29, 1.82) is 0 Å². The molecule has 1 aromatic carbocycles. The standard InChI is InChI=1S/C14H20N4.ClH/c1-14(2,15)11-16-10-12-6-3-4-7-13(12)18-9-5-8-17-18;/h3-9,16H,10-11,15H2,1-2H3;1H. The number of nitrogens with two attached hydrogens (primary N) is 1. The fourth-order valence-electron chi connectivity index (χ4n) is 1.81. The van der Waals surface area contributed by atoms with Crippen molar-refractivity contribution in [3.63, 3.8) is 0 Å². The fraction of sp³-hybridized carbons (Fsp3) is 0.357. The van der Waals surface area contributed by atoms with Gasteiger partial charge in [-0.3, -0.25) is 0 Å². The molecule has 0 saturated heterocycles. The first-order valence-corrected chi connectivity index (χ1v) is 6.14. The van der Waals surface area contributed by atoms with Crippen LogP contribution >= 0.6 is 12.4 Å². The van der Waals surface area contributed by atoms with Gasteiger partial charge in [-0.15, -0.1) is 12.4 Å². The average molecular weight is 281 g/mol. The zero-order chi connectivity index (χ0) is 13.0. The molecule has 0 unspecified atom stereocenters. The highest BCUT2D eigenvalue weighted by molar-refractivity contribution is 5.85. The number of para-hydroxylation sites is 1. The Morgan fingerprint density at radius 2 is 2.00 bits per heavy atom. The summed E-state index contributed by atoms with van der Waals surface area (Å²) in [5, 5.41) is 7.65. The molecule has 0 aliphatic carbocycles. The SMILES string of the molecule is CC(C)(N)CNCc1ccccc1-n1cccn1.Cl. The molecule has 2 rings (SSSR count). The molecule has 0 atom stereocenters. The third-order valence-electron chi connectivity index (χ3n) is 2.64. The van der Waals surface area contributed by atoms with Crippen LogP contribution < -0.4 is 11.1 Å². The maximum atomic E-state index is 5.95. The zero-order valence-electron chi connectivity index (χ0n) is 11.3. The van der Waals surface area contributed by atoms with Gasteiger partial charge in [0.2, 0.25) is 0 Å². The van der Waals surface area contributed by atoms with Gasteiger partial charge in [0.25, 0.3) is 0 Å². The van der Waals surface area contributed by atoms with Crippen LogP contribution in [-0.4, -0.2) is 21.9 Å². The normalized spacial score (nSPS) is 11.1. The van der Waals surface area contributed by atoms with E-state index in [0.29, 0.717) is 0 Å². The Morgan fingerprint density at radius 3 is 2.63 bits per heavy atom. The van der Waals surface area contributed by atoms with E-state index in [-0.39, 0.29) is 17.9 Å². The third-order valence-corrected chi connectivity index (χ3v) is 2.64. The van der Waals surface area contributed by atoms with E-state index >= 15 is 0 Å². The maximum Gasteiger partial charge on any atom is 0.0690 e. The minimum Gasteiger partial charge on any atom is -0.324 e. The quantitative estimate of drug-likeness (QED) is 0.882. The van der Waals surface area contributed by atoms with Gasteiger partial charge in [-0.2, -0.15) is 5.10 Å². The molecule has 19 heavy (non-hydrogen) atoms. The smallest absolute Gasteiger partial charge is 0.0690 e. The molecule has 0 aliphatic rings. The summed E-state index contributed by atoms with van der Waals surface area (Å²) < 4.78 is 1.88. The van der Waals surface area contributed by atoms with Crippen LogP contribution in [0.3, 0.4) is 0 Å². The van der Waals surface area contributed by atoms with Crippen molar-refractivity contribution in [3.8, 4) is 5.69 Å². The van der Waals surface area contributed by atoms with Crippen molar-refractivity contribution in [2.45, 2.75) is 25.9 Å². The molecule has 0 amide bonds. The number of nitrogens with zero attached hydrogens (tertiary/aromatic N) is 2. The van der Waals surface area contributed by atoms with Crippen LogP contribution in [0, 0.1) is 0 Å². The first kappa shape index (κ1) is 15.7. The molecule has 0 aliphatic heterocycles. The lowest BCUT2D eigenvalue weighted by atomic mass is 10.1. The lowest BCUT2D eigenvalue weighted by Crippen LogP contribution is -2.42. The van der Waals surface area contributed by atoms with E-state index < -0.39 is 0 Å². The second kappa shape index (κ2) is 6.70. The Kier molecular flexibility index (Phi) is 5.54. The summed E-state index contributed by atoms with van der Waals surface area (Å²) in [7, 11) is 0. The van der Waals surface area contributed by atoms with Gasteiger partial charge in [0.15, 0.2) is 0 Å². The molecule has 3 N–H and O–H groups in total. The van der Waals surface area contributed by atoms with Crippen LogP contribution in [0.15, 0.2) is 42.7 Å². The van der Waals surface area contributed by atoms with Gasteiger partial charge < -0.3 is 11.1 Å². The van der Waals surface area contributed by atoms with Crippen LogP contribution in [0.5, 0.6) is 0 Å². The van der Waals surface area contributed by atoms with Crippen LogP contribution in [0.4, 0.5) is 0 Å². The lowest BCUT2D eigenvalue weighted by Gasteiger charge is -2.19. The van der Waals surface area contributed by atoms with Crippen LogP contribution in [0.1, 0.15) is 19.4 Å². The first-order valence-electron chi connectivity index (χ1n) is 6.14. The average Bonchev–Trinajstić information content (AvgIpc) is 2.81. The number of hydrogen-bond acceptors (Lipinski definition) is 3. The summed E-state index contributed by atoms with van der Waals surface area (Å²) in [6, 6.07) is 10.2. The molecule has 0 spiro atoms. The Morgan fingerprint density at radius 1 is 1.26 bits per heavy atom. The van der Waals surface area contributed by atoms with Gasteiger partial charge in [-0.1, -0.05) is 18.2 Å². The Balaban J connectivity index is 0.00000180. The van der Waals surface area contributed by atoms with Crippen molar-refractivity contribution in [2.24, 2.45) is 5.73 Å². The highest BCUT2D eigenvalue weighted by Gasteiger charge is 2.10. The van der Waals surface area contributed by atoms with E-state index in [1.807, 2.05) is 42.9 Å². The van der Waals surface area contributed by atoms with Crippen molar-refractivity contribution in [2.75, 3.05) is 6.54 Å². The molecule has 0 saturated carbocycles. The molecular formula is C14H21ClN4. The summed E-state index contributed by atoms with van der Waals surface area (Å²) in [5.74, 6) is 0. The summed E-state index contributed by atoms with van der Waals surface area (Å²) in [6.07, 6.45) is 3.74. The van der Waals surface area contributed by atoms with E-state index in [1.165, 1.54) is 5.56 Å². The predicted molar refractivity (Wildman–Crippen MR) is 80.8 cm³/mol. The predicted octanol–water partition coefficient (Wildman–Crippen LogP) is 2.12. The molecule has 0 bridgehead atoms. The summed E-state index contributed by atoms with van der Waals surface area (Å²) in [4.78, 5) is 0. The Hall–Kier alpha value is -1.36. The molecule has 1 heterocycles. The molecular weight excluding hydrogens is 260 g/mol. The van der Waals surface area contributed by atoms with E-state index in [9.17, 15) is 0 Å². The number of nitrogens with one attached hydrogen (secondary N) is 1. The molecule has 0 fully saturated rings. The van der Waals surface area contributed by atoms with Gasteiger partial charge in [0.1, 0.15) is 0 Å². The molecule has 4 nitrogen and oxygen atoms in total. The number of aromatic nitrogens is 2. The highest BCUT2D eigenvalue weighted by Crippen LogP contribution is 2.13. The minimum absolute atomic E-state index is 0.